The van der Waals surface area contributed by atoms with Gasteiger partial charge in [-0.3, -0.25) is 14.5 Å². The third kappa shape index (κ3) is 3.81. The van der Waals surface area contributed by atoms with Gasteiger partial charge in [0.15, 0.2) is 0 Å². The van der Waals surface area contributed by atoms with Crippen LogP contribution in [-0.2, 0) is 15.8 Å². The molecule has 1 aromatic carbocycles. The molecular formula is C14H12ClN5O3S. The van der Waals surface area contributed by atoms with Crippen LogP contribution < -0.4 is 10.3 Å². The highest BCUT2D eigenvalue weighted by Crippen LogP contribution is 2.13. The lowest BCUT2D eigenvalue weighted by molar-refractivity contribution is 0.600. The number of hydrogen-bond donors (Lipinski definition) is 2. The molecule has 2 heterocycles. The number of halogens is 1. The van der Waals surface area contributed by atoms with Crippen molar-refractivity contribution in [3.05, 3.63) is 69.9 Å². The van der Waals surface area contributed by atoms with E-state index in [1.54, 1.807) is 36.5 Å². The Bertz CT molecular complexity index is 998. The fourth-order valence-electron chi connectivity index (χ4n) is 1.97. The molecule has 3 aromatic rings. The summed E-state index contributed by atoms with van der Waals surface area (Å²) in [7, 11) is -3.77. The van der Waals surface area contributed by atoms with E-state index in [0.717, 1.165) is 6.20 Å². The number of sulfonamides is 1. The van der Waals surface area contributed by atoms with Gasteiger partial charge in [0.05, 0.1) is 11.9 Å². The lowest BCUT2D eigenvalue weighted by Gasteiger charge is -2.08. The lowest BCUT2D eigenvalue weighted by Crippen LogP contribution is -2.23. The molecule has 124 valence electrons. The smallest absolute Gasteiger partial charge is 0.276 e. The van der Waals surface area contributed by atoms with Crippen LogP contribution in [0.4, 0.5) is 5.69 Å². The minimum atomic E-state index is -3.77. The number of hydrogen-bond acceptors (Lipinski definition) is 5. The minimum absolute atomic E-state index is 0.167. The van der Waals surface area contributed by atoms with E-state index in [9.17, 15) is 13.2 Å². The summed E-state index contributed by atoms with van der Waals surface area (Å²) in [5.74, 6) is -0.101. The number of H-pyrrole nitrogens is 1. The molecule has 3 rings (SSSR count). The molecule has 0 atom stereocenters. The molecule has 0 aliphatic carbocycles. The first-order valence-electron chi connectivity index (χ1n) is 6.77. The number of aromatic nitrogens is 4. The van der Waals surface area contributed by atoms with Crippen LogP contribution in [0.15, 0.2) is 53.7 Å². The van der Waals surface area contributed by atoms with Gasteiger partial charge in [-0.1, -0.05) is 23.7 Å². The van der Waals surface area contributed by atoms with Crippen molar-refractivity contribution in [3.8, 4) is 5.95 Å². The van der Waals surface area contributed by atoms with Gasteiger partial charge >= 0.3 is 0 Å². The Morgan fingerprint density at radius 2 is 2.00 bits per heavy atom. The molecule has 0 bridgehead atoms. The van der Waals surface area contributed by atoms with Gasteiger partial charge in [0.2, 0.25) is 16.0 Å². The maximum absolute atomic E-state index is 12.2. The molecule has 0 spiro atoms. The fraction of sp³-hybridized carbons (Fsp3) is 0.0714. The standard InChI is InChI=1S/C14H12ClN5O3S/c15-11-4-2-10(3-5-11)9-24(22,23)19-12-8-16-14(18-13(12)21)20-7-1-6-17-20/h1-8,19H,9H2,(H,16,18,21). The molecule has 2 aromatic heterocycles. The Balaban J connectivity index is 1.79. The van der Waals surface area contributed by atoms with E-state index in [1.165, 1.54) is 10.9 Å². The second-order valence-electron chi connectivity index (χ2n) is 4.89. The highest BCUT2D eigenvalue weighted by Gasteiger charge is 2.15. The van der Waals surface area contributed by atoms with Gasteiger partial charge in [0, 0.05) is 17.4 Å². The molecule has 0 saturated heterocycles. The quantitative estimate of drug-likeness (QED) is 0.712. The van der Waals surface area contributed by atoms with Gasteiger partial charge in [-0.25, -0.2) is 18.1 Å². The Hall–Kier alpha value is -2.65. The van der Waals surface area contributed by atoms with E-state index in [2.05, 4.69) is 19.8 Å². The molecule has 0 unspecified atom stereocenters. The van der Waals surface area contributed by atoms with Gasteiger partial charge in [-0.15, -0.1) is 0 Å². The Morgan fingerprint density at radius 3 is 2.62 bits per heavy atom. The first kappa shape index (κ1) is 16.2. The van der Waals surface area contributed by atoms with Crippen LogP contribution in [0.1, 0.15) is 5.56 Å². The zero-order chi connectivity index (χ0) is 17.2. The van der Waals surface area contributed by atoms with Gasteiger partial charge in [0.1, 0.15) is 5.69 Å². The summed E-state index contributed by atoms with van der Waals surface area (Å²) in [5, 5.41) is 4.44. The third-order valence-electron chi connectivity index (χ3n) is 3.04. The van der Waals surface area contributed by atoms with E-state index < -0.39 is 15.6 Å². The van der Waals surface area contributed by atoms with Crippen LogP contribution in [0.25, 0.3) is 5.95 Å². The van der Waals surface area contributed by atoms with Gasteiger partial charge in [0.25, 0.3) is 5.56 Å². The molecule has 0 radical (unpaired) electrons. The number of rotatable bonds is 5. The molecule has 2 N–H and O–H groups in total. The second-order valence-corrected chi connectivity index (χ2v) is 7.05. The van der Waals surface area contributed by atoms with Gasteiger partial charge < -0.3 is 0 Å². The maximum atomic E-state index is 12.2. The molecular weight excluding hydrogens is 354 g/mol. The van der Waals surface area contributed by atoms with Crippen molar-refractivity contribution in [1.29, 1.82) is 0 Å². The Labute approximate surface area is 142 Å². The number of nitrogens with one attached hydrogen (secondary N) is 2. The Morgan fingerprint density at radius 1 is 1.25 bits per heavy atom. The number of anilines is 1. The van der Waals surface area contributed by atoms with Crippen molar-refractivity contribution in [1.82, 2.24) is 19.7 Å². The van der Waals surface area contributed by atoms with Gasteiger partial charge in [-0.2, -0.15) is 5.10 Å². The number of nitrogens with zero attached hydrogens (tertiary/aromatic N) is 3. The van der Waals surface area contributed by atoms with Crippen LogP contribution in [-0.4, -0.2) is 28.2 Å². The average Bonchev–Trinajstić information content (AvgIpc) is 3.06. The SMILES string of the molecule is O=c1[nH]c(-n2cccn2)ncc1NS(=O)(=O)Cc1ccc(Cl)cc1. The largest absolute Gasteiger partial charge is 0.289 e. The van der Waals surface area contributed by atoms with Crippen LogP contribution >= 0.6 is 11.6 Å². The molecule has 0 aliphatic rings. The van der Waals surface area contributed by atoms with Gasteiger partial charge in [-0.05, 0) is 23.8 Å². The molecule has 0 saturated carbocycles. The summed E-state index contributed by atoms with van der Waals surface area (Å²) in [6.07, 6.45) is 4.28. The molecule has 8 nitrogen and oxygen atoms in total. The highest BCUT2D eigenvalue weighted by molar-refractivity contribution is 7.91. The highest BCUT2D eigenvalue weighted by atomic mass is 35.5. The summed E-state index contributed by atoms with van der Waals surface area (Å²) in [6.45, 7) is 0. The summed E-state index contributed by atoms with van der Waals surface area (Å²) >= 11 is 5.76. The lowest BCUT2D eigenvalue weighted by atomic mass is 10.2. The summed E-state index contributed by atoms with van der Waals surface area (Å²) < 4.78 is 27.9. The summed E-state index contributed by atoms with van der Waals surface area (Å²) in [5.41, 5.74) is -0.237. The first-order valence-corrected chi connectivity index (χ1v) is 8.80. The normalized spacial score (nSPS) is 11.4. The van der Waals surface area contributed by atoms with Crippen LogP contribution in [0.5, 0.6) is 0 Å². The van der Waals surface area contributed by atoms with Crippen molar-refractivity contribution in [3.63, 3.8) is 0 Å². The maximum Gasteiger partial charge on any atom is 0.276 e. The monoisotopic (exact) mass is 365 g/mol. The van der Waals surface area contributed by atoms with Crippen molar-refractivity contribution < 1.29 is 8.42 Å². The zero-order valence-corrected chi connectivity index (χ0v) is 13.8. The van der Waals surface area contributed by atoms with Crippen molar-refractivity contribution >= 4 is 27.3 Å². The van der Waals surface area contributed by atoms with E-state index in [0.29, 0.717) is 10.6 Å². The van der Waals surface area contributed by atoms with Crippen LogP contribution in [0.3, 0.4) is 0 Å². The molecule has 0 fully saturated rings. The molecule has 0 amide bonds. The minimum Gasteiger partial charge on any atom is -0.289 e. The zero-order valence-electron chi connectivity index (χ0n) is 12.2. The van der Waals surface area contributed by atoms with E-state index in [-0.39, 0.29) is 17.4 Å². The summed E-state index contributed by atoms with van der Waals surface area (Å²) in [6, 6.07) is 8.07. The van der Waals surface area contributed by atoms with Crippen molar-refractivity contribution in [2.24, 2.45) is 0 Å². The van der Waals surface area contributed by atoms with Crippen LogP contribution in [0, 0.1) is 0 Å². The van der Waals surface area contributed by atoms with Crippen molar-refractivity contribution in [2.75, 3.05) is 4.72 Å². The van der Waals surface area contributed by atoms with Crippen molar-refractivity contribution in [2.45, 2.75) is 5.75 Å². The molecule has 10 heteroatoms. The fourth-order valence-corrected chi connectivity index (χ4v) is 3.28. The Kier molecular flexibility index (Phi) is 4.36. The molecule has 0 aliphatic heterocycles. The number of aromatic amines is 1. The van der Waals surface area contributed by atoms with Crippen LogP contribution in [0.2, 0.25) is 5.02 Å². The first-order chi connectivity index (χ1) is 11.4. The topological polar surface area (TPSA) is 110 Å². The average molecular weight is 366 g/mol. The van der Waals surface area contributed by atoms with E-state index >= 15 is 0 Å². The second kappa shape index (κ2) is 6.46. The van der Waals surface area contributed by atoms with E-state index in [1.807, 2.05) is 0 Å². The van der Waals surface area contributed by atoms with E-state index in [4.69, 9.17) is 11.6 Å². The summed E-state index contributed by atoms with van der Waals surface area (Å²) in [4.78, 5) is 18.5. The third-order valence-corrected chi connectivity index (χ3v) is 4.54. The number of benzene rings is 1. The predicted octanol–water partition coefficient (Wildman–Crippen LogP) is 1.55. The predicted molar refractivity (Wildman–Crippen MR) is 89.7 cm³/mol. The molecule has 24 heavy (non-hydrogen) atoms.